The van der Waals surface area contributed by atoms with Crippen LogP contribution >= 0.6 is 0 Å². The summed E-state index contributed by atoms with van der Waals surface area (Å²) in [6, 6.07) is 3.70. The topological polar surface area (TPSA) is 52.3 Å². The Hall–Kier alpha value is -1.56. The molecular formula is C13H16F3NO2. The first kappa shape index (κ1) is 15.5. The fourth-order valence-corrected chi connectivity index (χ4v) is 1.69. The van der Waals surface area contributed by atoms with E-state index in [9.17, 15) is 18.0 Å². The molecule has 0 unspecified atom stereocenters. The molecule has 1 rings (SSSR count). The van der Waals surface area contributed by atoms with E-state index in [4.69, 9.17) is 5.73 Å². The average Bonchev–Trinajstić information content (AvgIpc) is 2.35. The lowest BCUT2D eigenvalue weighted by molar-refractivity contribution is -0.152. The van der Waals surface area contributed by atoms with Crippen molar-refractivity contribution in [2.75, 3.05) is 7.11 Å². The van der Waals surface area contributed by atoms with Crippen LogP contribution in [0.1, 0.15) is 31.0 Å². The van der Waals surface area contributed by atoms with Gasteiger partial charge in [-0.25, -0.2) is 0 Å². The van der Waals surface area contributed by atoms with Crippen molar-refractivity contribution in [3.63, 3.8) is 0 Å². The van der Waals surface area contributed by atoms with Crippen LogP contribution in [0.2, 0.25) is 0 Å². The highest BCUT2D eigenvalue weighted by atomic mass is 19.4. The summed E-state index contributed by atoms with van der Waals surface area (Å²) in [7, 11) is 1.24. The number of hydrogen-bond donors (Lipinski definition) is 1. The van der Waals surface area contributed by atoms with Crippen molar-refractivity contribution in [3.8, 4) is 0 Å². The quantitative estimate of drug-likeness (QED) is 0.863. The smallest absolute Gasteiger partial charge is 0.416 e. The summed E-state index contributed by atoms with van der Waals surface area (Å²) in [5.41, 5.74) is 4.60. The van der Waals surface area contributed by atoms with Crippen molar-refractivity contribution in [1.82, 2.24) is 0 Å². The summed E-state index contributed by atoms with van der Waals surface area (Å²) < 4.78 is 41.9. The molecule has 0 heterocycles. The lowest BCUT2D eigenvalue weighted by Gasteiger charge is -2.29. The number of carbonyl (C=O) groups excluding carboxylic acids is 1. The minimum atomic E-state index is -4.39. The van der Waals surface area contributed by atoms with E-state index in [-0.39, 0.29) is 0 Å². The minimum absolute atomic E-state index is 0.448. The van der Waals surface area contributed by atoms with Gasteiger partial charge in [-0.3, -0.25) is 4.79 Å². The Labute approximate surface area is 109 Å². The summed E-state index contributed by atoms with van der Waals surface area (Å²) >= 11 is 0. The van der Waals surface area contributed by atoms with Crippen LogP contribution in [0.5, 0.6) is 0 Å². The first-order valence-corrected chi connectivity index (χ1v) is 5.62. The summed E-state index contributed by atoms with van der Waals surface area (Å²) in [6.45, 7) is 3.17. The molecule has 19 heavy (non-hydrogen) atoms. The van der Waals surface area contributed by atoms with Gasteiger partial charge in [-0.1, -0.05) is 12.1 Å². The predicted octanol–water partition coefficient (Wildman–Crippen LogP) is 2.90. The average molecular weight is 275 g/mol. The molecule has 0 saturated heterocycles. The van der Waals surface area contributed by atoms with Gasteiger partial charge in [0.25, 0.3) is 0 Å². The molecule has 1 aromatic carbocycles. The lowest BCUT2D eigenvalue weighted by Crippen LogP contribution is -2.37. The molecule has 2 N–H and O–H groups in total. The number of benzene rings is 1. The number of esters is 1. The number of halogens is 3. The van der Waals surface area contributed by atoms with Crippen LogP contribution in [0.3, 0.4) is 0 Å². The second-order valence-corrected chi connectivity index (χ2v) is 4.81. The fourth-order valence-electron chi connectivity index (χ4n) is 1.69. The number of hydrogen-bond acceptors (Lipinski definition) is 3. The van der Waals surface area contributed by atoms with Crippen molar-refractivity contribution in [3.05, 3.63) is 35.4 Å². The molecule has 1 atom stereocenters. The Bertz CT molecular complexity index is 452. The van der Waals surface area contributed by atoms with Gasteiger partial charge in [0, 0.05) is 6.04 Å². The number of rotatable bonds is 3. The number of nitrogens with two attached hydrogens (primary N) is 1. The van der Waals surface area contributed by atoms with Crippen LogP contribution in [-0.4, -0.2) is 13.1 Å². The zero-order chi connectivity index (χ0) is 14.8. The maximum absolute atomic E-state index is 12.4. The van der Waals surface area contributed by atoms with Crippen molar-refractivity contribution >= 4 is 5.97 Å². The zero-order valence-corrected chi connectivity index (χ0v) is 10.9. The third-order valence-corrected chi connectivity index (χ3v) is 3.09. The summed E-state index contributed by atoms with van der Waals surface area (Å²) in [5, 5.41) is 0. The van der Waals surface area contributed by atoms with Gasteiger partial charge in [0.2, 0.25) is 0 Å². The summed E-state index contributed by atoms with van der Waals surface area (Å²) in [6.07, 6.45) is -4.39. The SMILES string of the molecule is COC(=O)C(C)(C)[C@@H](N)c1ccc(C(F)(F)F)cc1. The molecule has 3 nitrogen and oxygen atoms in total. The second-order valence-electron chi connectivity index (χ2n) is 4.81. The third-order valence-electron chi connectivity index (χ3n) is 3.09. The minimum Gasteiger partial charge on any atom is -0.469 e. The van der Waals surface area contributed by atoms with E-state index >= 15 is 0 Å². The molecule has 0 radical (unpaired) electrons. The number of methoxy groups -OCH3 is 1. The molecule has 0 amide bonds. The van der Waals surface area contributed by atoms with Crippen LogP contribution in [0, 0.1) is 5.41 Å². The molecule has 0 aromatic heterocycles. The number of alkyl halides is 3. The van der Waals surface area contributed by atoms with Crippen molar-refractivity contribution in [2.45, 2.75) is 26.1 Å². The van der Waals surface area contributed by atoms with Crippen molar-refractivity contribution < 1.29 is 22.7 Å². The monoisotopic (exact) mass is 275 g/mol. The van der Waals surface area contributed by atoms with Crippen LogP contribution in [0.25, 0.3) is 0 Å². The normalized spacial score (nSPS) is 14.1. The van der Waals surface area contributed by atoms with E-state index in [0.717, 1.165) is 12.1 Å². The van der Waals surface area contributed by atoms with Crippen molar-refractivity contribution in [2.24, 2.45) is 11.1 Å². The molecule has 0 aliphatic heterocycles. The lowest BCUT2D eigenvalue weighted by atomic mass is 9.81. The van der Waals surface area contributed by atoms with Gasteiger partial charge in [0.15, 0.2) is 0 Å². The van der Waals surface area contributed by atoms with E-state index < -0.39 is 29.2 Å². The Morgan fingerprint density at radius 3 is 2.05 bits per heavy atom. The Kier molecular flexibility index (Phi) is 4.25. The zero-order valence-electron chi connectivity index (χ0n) is 10.9. The van der Waals surface area contributed by atoms with Gasteiger partial charge in [-0.2, -0.15) is 13.2 Å². The number of ether oxygens (including phenoxy) is 1. The van der Waals surface area contributed by atoms with E-state index in [1.165, 1.54) is 19.2 Å². The van der Waals surface area contributed by atoms with Gasteiger partial charge in [-0.05, 0) is 31.5 Å². The summed E-state index contributed by atoms with van der Waals surface area (Å²) in [5.74, 6) is -0.514. The Morgan fingerprint density at radius 1 is 1.21 bits per heavy atom. The molecule has 106 valence electrons. The van der Waals surface area contributed by atoms with Crippen LogP contribution in [0.15, 0.2) is 24.3 Å². The van der Waals surface area contributed by atoms with Gasteiger partial charge in [-0.15, -0.1) is 0 Å². The van der Waals surface area contributed by atoms with Gasteiger partial charge in [0.1, 0.15) is 0 Å². The molecular weight excluding hydrogens is 259 g/mol. The second kappa shape index (κ2) is 5.21. The maximum Gasteiger partial charge on any atom is 0.416 e. The van der Waals surface area contributed by atoms with Gasteiger partial charge >= 0.3 is 12.1 Å². The van der Waals surface area contributed by atoms with E-state index in [0.29, 0.717) is 5.56 Å². The molecule has 6 heteroatoms. The molecule has 0 aliphatic rings. The van der Waals surface area contributed by atoms with E-state index in [2.05, 4.69) is 4.74 Å². The number of carbonyl (C=O) groups is 1. The third kappa shape index (κ3) is 3.26. The fraction of sp³-hybridized carbons (Fsp3) is 0.462. The molecule has 0 aliphatic carbocycles. The Morgan fingerprint density at radius 2 is 1.68 bits per heavy atom. The van der Waals surface area contributed by atoms with Gasteiger partial charge in [0.05, 0.1) is 18.1 Å². The Balaban J connectivity index is 3.02. The van der Waals surface area contributed by atoms with Crippen LogP contribution in [-0.2, 0) is 15.7 Å². The molecule has 0 saturated carbocycles. The maximum atomic E-state index is 12.4. The molecule has 0 spiro atoms. The highest BCUT2D eigenvalue weighted by Crippen LogP contribution is 2.34. The van der Waals surface area contributed by atoms with Crippen LogP contribution < -0.4 is 5.73 Å². The van der Waals surface area contributed by atoms with Gasteiger partial charge < -0.3 is 10.5 Å². The molecule has 1 aromatic rings. The predicted molar refractivity (Wildman–Crippen MR) is 64.2 cm³/mol. The largest absolute Gasteiger partial charge is 0.469 e. The summed E-state index contributed by atoms with van der Waals surface area (Å²) in [4.78, 5) is 11.6. The van der Waals surface area contributed by atoms with Crippen molar-refractivity contribution in [1.29, 1.82) is 0 Å². The van der Waals surface area contributed by atoms with Crippen LogP contribution in [0.4, 0.5) is 13.2 Å². The standard InChI is InChI=1S/C13H16F3NO2/c1-12(2,11(18)19-3)10(17)8-4-6-9(7-5-8)13(14,15)16/h4-7,10H,17H2,1-3H3/t10-/m0/s1. The molecule has 0 bridgehead atoms. The first-order valence-electron chi connectivity index (χ1n) is 5.62. The highest BCUT2D eigenvalue weighted by molar-refractivity contribution is 5.77. The van der Waals surface area contributed by atoms with E-state index in [1.807, 2.05) is 0 Å². The van der Waals surface area contributed by atoms with E-state index in [1.54, 1.807) is 13.8 Å². The highest BCUT2D eigenvalue weighted by Gasteiger charge is 2.37. The first-order chi connectivity index (χ1) is 8.60. The molecule has 0 fully saturated rings.